The molecule has 36 heavy (non-hydrogen) atoms. The minimum absolute atomic E-state index is 0.0837. The maximum atomic E-state index is 13.1. The number of fused-ring (bicyclic) bond motifs is 2. The van der Waals surface area contributed by atoms with Gasteiger partial charge in [0.2, 0.25) is 0 Å². The fourth-order valence-electron chi connectivity index (χ4n) is 5.07. The number of nitrogens with one attached hydrogen (secondary N) is 2. The monoisotopic (exact) mass is 508 g/mol. The third-order valence-electron chi connectivity index (χ3n) is 7.47. The maximum absolute atomic E-state index is 13.1. The molecule has 2 aromatic carbocycles. The van der Waals surface area contributed by atoms with Crippen molar-refractivity contribution < 1.29 is 13.4 Å². The molecule has 2 atom stereocenters. The Kier molecular flexibility index (Phi) is 5.66. The van der Waals surface area contributed by atoms with Crippen LogP contribution in [-0.4, -0.2) is 34.6 Å². The van der Waals surface area contributed by atoms with E-state index in [1.54, 1.807) is 24.3 Å². The average molecular weight is 509 g/mol. The van der Waals surface area contributed by atoms with Crippen molar-refractivity contribution in [2.45, 2.75) is 51.5 Å². The van der Waals surface area contributed by atoms with Gasteiger partial charge in [-0.15, -0.1) is 0 Å². The molecule has 9 heteroatoms. The smallest absolute Gasteiger partial charge is 0.269 e. The van der Waals surface area contributed by atoms with Crippen LogP contribution in [0.15, 0.2) is 50.5 Å². The molecule has 190 valence electrons. The molecule has 0 saturated carbocycles. The summed E-state index contributed by atoms with van der Waals surface area (Å²) in [6, 6.07) is 10.1. The molecule has 3 aromatic rings. The summed E-state index contributed by atoms with van der Waals surface area (Å²) in [7, 11) is -1.97. The van der Waals surface area contributed by atoms with E-state index in [2.05, 4.69) is 24.1 Å². The highest BCUT2D eigenvalue weighted by Crippen LogP contribution is 2.38. The second-order valence-corrected chi connectivity index (χ2v) is 12.7. The van der Waals surface area contributed by atoms with Gasteiger partial charge >= 0.3 is 0 Å². The zero-order chi connectivity index (χ0) is 26.0. The number of benzene rings is 2. The highest BCUT2D eigenvalue weighted by molar-refractivity contribution is 7.91. The second kappa shape index (κ2) is 8.37. The van der Waals surface area contributed by atoms with Crippen LogP contribution in [0.4, 0.5) is 11.6 Å². The summed E-state index contributed by atoms with van der Waals surface area (Å²) in [5.41, 5.74) is 3.19. The van der Waals surface area contributed by atoms with E-state index in [1.165, 1.54) is 7.05 Å². The van der Waals surface area contributed by atoms with Crippen molar-refractivity contribution in [1.82, 2.24) is 4.31 Å². The van der Waals surface area contributed by atoms with Crippen LogP contribution in [-0.2, 0) is 9.92 Å². The second-order valence-electron chi connectivity index (χ2n) is 10.7. The molecule has 2 N–H and O–H groups in total. The molecule has 1 saturated heterocycles. The van der Waals surface area contributed by atoms with Crippen LogP contribution >= 0.6 is 0 Å². The van der Waals surface area contributed by atoms with Crippen LogP contribution in [0.25, 0.3) is 11.0 Å². The van der Waals surface area contributed by atoms with E-state index in [0.29, 0.717) is 22.5 Å². The number of carbonyl (C=O) groups excluding carboxylic acids is 1. The third kappa shape index (κ3) is 3.95. The Bertz CT molecular complexity index is 1550. The SMILES string of the molecule is Cc1cc([C@@H](C)Nc2cccc3c2C(=O)N(C)[S@@]3(=N)=O)c2oc(N3CCC(C)(C)CC3)cc(=O)c2c1. The molecule has 0 bridgehead atoms. The number of piperidine rings is 1. The first-order valence-electron chi connectivity index (χ1n) is 12.2. The van der Waals surface area contributed by atoms with Gasteiger partial charge in [-0.3, -0.25) is 13.9 Å². The predicted octanol–water partition coefficient (Wildman–Crippen LogP) is 5.31. The van der Waals surface area contributed by atoms with Crippen LogP contribution in [0, 0.1) is 17.1 Å². The van der Waals surface area contributed by atoms with Gasteiger partial charge in [-0.25, -0.2) is 8.99 Å². The van der Waals surface area contributed by atoms with Crippen molar-refractivity contribution in [3.05, 3.63) is 63.3 Å². The Morgan fingerprint density at radius 1 is 1.14 bits per heavy atom. The number of aryl methyl sites for hydroxylation is 1. The first-order chi connectivity index (χ1) is 16.9. The van der Waals surface area contributed by atoms with E-state index >= 15 is 0 Å². The van der Waals surface area contributed by atoms with E-state index < -0.39 is 15.8 Å². The predicted molar refractivity (Wildman–Crippen MR) is 142 cm³/mol. The Morgan fingerprint density at radius 2 is 1.83 bits per heavy atom. The molecule has 3 heterocycles. The fraction of sp³-hybridized carbons (Fsp3) is 0.407. The first kappa shape index (κ1) is 24.4. The number of hydrogen-bond donors (Lipinski definition) is 2. The molecular formula is C27H32N4O4S. The quantitative estimate of drug-likeness (QED) is 0.495. The van der Waals surface area contributed by atoms with E-state index in [0.717, 1.165) is 41.4 Å². The number of rotatable bonds is 4. The summed E-state index contributed by atoms with van der Waals surface area (Å²) >= 11 is 0. The summed E-state index contributed by atoms with van der Waals surface area (Å²) in [5, 5.41) is 3.88. The zero-order valence-electron chi connectivity index (χ0n) is 21.3. The standard InChI is InChI=1S/C27H32N4O4S/c1-16-13-18(17(2)29-20-7-6-8-22-24(20)26(33)30(5)36(22,28)34)25-19(14-16)21(32)15-23(35-25)31-11-9-27(3,4)10-12-31/h6-8,13-15,17,28-29H,9-12H2,1-5H3/t17-,36-/m1/s1. The lowest BCUT2D eigenvalue weighted by atomic mass is 9.83. The van der Waals surface area contributed by atoms with Gasteiger partial charge in [0.25, 0.3) is 5.91 Å². The Hall–Kier alpha value is -3.33. The van der Waals surface area contributed by atoms with Gasteiger partial charge in [0.15, 0.2) is 21.2 Å². The molecule has 1 aromatic heterocycles. The largest absolute Gasteiger partial charge is 0.440 e. The van der Waals surface area contributed by atoms with Gasteiger partial charge in [-0.05, 0) is 55.9 Å². The van der Waals surface area contributed by atoms with Gasteiger partial charge in [-0.2, -0.15) is 0 Å². The highest BCUT2D eigenvalue weighted by atomic mass is 32.2. The van der Waals surface area contributed by atoms with E-state index in [-0.39, 0.29) is 27.3 Å². The highest BCUT2D eigenvalue weighted by Gasteiger charge is 2.38. The molecular weight excluding hydrogens is 476 g/mol. The van der Waals surface area contributed by atoms with E-state index in [9.17, 15) is 13.8 Å². The summed E-state index contributed by atoms with van der Waals surface area (Å²) in [6.07, 6.45) is 2.04. The van der Waals surface area contributed by atoms with Crippen LogP contribution in [0.1, 0.15) is 61.1 Å². The minimum Gasteiger partial charge on any atom is -0.440 e. The summed E-state index contributed by atoms with van der Waals surface area (Å²) < 4.78 is 28.4. The lowest BCUT2D eigenvalue weighted by molar-refractivity contribution is 0.0894. The lowest BCUT2D eigenvalue weighted by Crippen LogP contribution is -2.37. The first-order valence-corrected chi connectivity index (χ1v) is 13.7. The Labute approximate surface area is 211 Å². The maximum Gasteiger partial charge on any atom is 0.269 e. The normalized spacial score (nSPS) is 22.1. The Morgan fingerprint density at radius 3 is 2.53 bits per heavy atom. The van der Waals surface area contributed by atoms with E-state index in [1.807, 2.05) is 26.0 Å². The van der Waals surface area contributed by atoms with Gasteiger partial charge in [0.1, 0.15) is 5.58 Å². The zero-order valence-corrected chi connectivity index (χ0v) is 22.1. The molecule has 5 rings (SSSR count). The molecule has 0 radical (unpaired) electrons. The average Bonchev–Trinajstić information content (AvgIpc) is 2.99. The van der Waals surface area contributed by atoms with Crippen molar-refractivity contribution in [1.29, 1.82) is 4.78 Å². The molecule has 0 spiro atoms. The van der Waals surface area contributed by atoms with Crippen molar-refractivity contribution in [3.8, 4) is 0 Å². The lowest BCUT2D eigenvalue weighted by Gasteiger charge is -2.37. The summed E-state index contributed by atoms with van der Waals surface area (Å²) in [5.74, 6) is 0.128. The summed E-state index contributed by atoms with van der Waals surface area (Å²) in [6.45, 7) is 10.0. The van der Waals surface area contributed by atoms with Crippen LogP contribution in [0.2, 0.25) is 0 Å². The minimum atomic E-state index is -3.35. The summed E-state index contributed by atoms with van der Waals surface area (Å²) in [4.78, 5) is 28.3. The van der Waals surface area contributed by atoms with Crippen LogP contribution in [0.5, 0.6) is 0 Å². The number of anilines is 2. The Balaban J connectivity index is 1.56. The number of amides is 1. The van der Waals surface area contributed by atoms with Gasteiger partial charge < -0.3 is 14.6 Å². The number of hydrogen-bond acceptors (Lipinski definition) is 7. The molecule has 0 aliphatic carbocycles. The topological polar surface area (TPSA) is 107 Å². The van der Waals surface area contributed by atoms with E-state index in [4.69, 9.17) is 9.20 Å². The number of carbonyl (C=O) groups is 1. The van der Waals surface area contributed by atoms with Crippen LogP contribution < -0.4 is 15.6 Å². The van der Waals surface area contributed by atoms with Crippen molar-refractivity contribution >= 4 is 38.4 Å². The molecule has 2 aliphatic rings. The molecule has 0 unspecified atom stereocenters. The van der Waals surface area contributed by atoms with Crippen LogP contribution in [0.3, 0.4) is 0 Å². The third-order valence-corrected chi connectivity index (χ3v) is 9.34. The molecule has 8 nitrogen and oxygen atoms in total. The van der Waals surface area contributed by atoms with Gasteiger partial charge in [0, 0.05) is 37.5 Å². The molecule has 1 amide bonds. The van der Waals surface area contributed by atoms with Crippen molar-refractivity contribution in [3.63, 3.8) is 0 Å². The van der Waals surface area contributed by atoms with Gasteiger partial charge in [-0.1, -0.05) is 26.0 Å². The number of nitrogens with zero attached hydrogens (tertiary/aromatic N) is 2. The molecule has 2 aliphatic heterocycles. The molecule has 1 fully saturated rings. The van der Waals surface area contributed by atoms with Crippen molar-refractivity contribution in [2.75, 3.05) is 30.4 Å². The fourth-order valence-corrected chi connectivity index (χ4v) is 6.42. The van der Waals surface area contributed by atoms with Gasteiger partial charge in [0.05, 0.1) is 21.9 Å². The van der Waals surface area contributed by atoms with Crippen molar-refractivity contribution in [2.24, 2.45) is 5.41 Å².